The van der Waals surface area contributed by atoms with Gasteiger partial charge in [-0.2, -0.15) is 13.8 Å². The van der Waals surface area contributed by atoms with Crippen LogP contribution in [0.25, 0.3) is 5.65 Å². The van der Waals surface area contributed by atoms with E-state index in [2.05, 4.69) is 25.1 Å². The molecule has 19 heteroatoms. The van der Waals surface area contributed by atoms with Crippen LogP contribution in [0.5, 0.6) is 0 Å². The Balaban J connectivity index is 1.37. The molecule has 2 aliphatic rings. The Hall–Kier alpha value is -4.75. The lowest BCUT2D eigenvalue weighted by molar-refractivity contribution is -0.662. The Morgan fingerprint density at radius 1 is 1.31 bits per heavy atom. The molecule has 0 radical (unpaired) electrons. The van der Waals surface area contributed by atoms with Gasteiger partial charge in [0.2, 0.25) is 17.4 Å². The molecule has 0 bridgehead atoms. The first-order valence-corrected chi connectivity index (χ1v) is 12.8. The molecule has 5 heterocycles. The lowest BCUT2D eigenvalue weighted by atomic mass is 10.0. The predicted octanol–water partition coefficient (Wildman–Crippen LogP) is -1.73. The molecule has 5 rings (SSSR count). The topological polar surface area (TPSA) is 247 Å². The second-order valence-electron chi connectivity index (χ2n) is 8.19. The molecule has 9 N–H and O–H groups in total. The molecule has 1 saturated heterocycles. The monoisotopic (exact) mass is 574 g/mol. The largest absolute Gasteiger partial charge is 0.477 e. The number of hydrogen-bond donors (Lipinski definition) is 7. The molecule has 3 aromatic rings. The highest BCUT2D eigenvalue weighted by molar-refractivity contribution is 8.00. The van der Waals surface area contributed by atoms with Gasteiger partial charge in [0, 0.05) is 35.0 Å². The Kier molecular flexibility index (Phi) is 6.76. The molecule has 0 aromatic carbocycles. The van der Waals surface area contributed by atoms with E-state index >= 15 is 0 Å². The second-order valence-corrected chi connectivity index (χ2v) is 10.1. The number of pyridine rings is 1. The zero-order valence-corrected chi connectivity index (χ0v) is 21.3. The van der Waals surface area contributed by atoms with Crippen LogP contribution in [0.2, 0.25) is 0 Å². The van der Waals surface area contributed by atoms with Gasteiger partial charge in [0.1, 0.15) is 36.1 Å². The van der Waals surface area contributed by atoms with Crippen LogP contribution in [0.15, 0.2) is 47.0 Å². The molecular weight excluding hydrogens is 554 g/mol. The third-order valence-electron chi connectivity index (χ3n) is 5.93. The lowest BCUT2D eigenvalue weighted by Crippen LogP contribution is -2.71. The Morgan fingerprint density at radius 2 is 2.10 bits per heavy atom. The van der Waals surface area contributed by atoms with E-state index in [-0.39, 0.29) is 29.0 Å². The minimum atomic E-state index is -1.29. The van der Waals surface area contributed by atoms with Gasteiger partial charge in [0.25, 0.3) is 17.5 Å². The summed E-state index contributed by atoms with van der Waals surface area (Å²) in [6.45, 7) is 0.142. The van der Waals surface area contributed by atoms with Crippen molar-refractivity contribution in [3.05, 3.63) is 47.7 Å². The van der Waals surface area contributed by atoms with Crippen LogP contribution in [0.1, 0.15) is 5.82 Å². The average Bonchev–Trinajstić information content (AvgIpc) is 3.53. The number of oxime groups is 1. The quantitative estimate of drug-likeness (QED) is 0.0318. The fourth-order valence-corrected chi connectivity index (χ4v) is 6.02. The summed E-state index contributed by atoms with van der Waals surface area (Å²) in [6.07, 6.45) is 3.40. The number of aromatic nitrogens is 4. The number of nitrogens with zero attached hydrogens (tertiary/aromatic N) is 6. The third-order valence-corrected chi connectivity index (χ3v) is 7.82. The van der Waals surface area contributed by atoms with Gasteiger partial charge in [-0.15, -0.1) is 11.8 Å². The van der Waals surface area contributed by atoms with Gasteiger partial charge in [-0.05, 0) is 6.07 Å². The van der Waals surface area contributed by atoms with E-state index in [1.165, 1.54) is 11.8 Å². The second kappa shape index (κ2) is 10.2. The average molecular weight is 575 g/mol. The summed E-state index contributed by atoms with van der Waals surface area (Å²) < 4.78 is 7.27. The highest BCUT2D eigenvalue weighted by atomic mass is 32.2. The maximum atomic E-state index is 13.0. The van der Waals surface area contributed by atoms with Crippen LogP contribution in [-0.2, 0) is 20.9 Å². The number of hydrazine groups is 1. The first kappa shape index (κ1) is 25.9. The number of urea groups is 1. The number of thioether (sulfide) groups is 1. The van der Waals surface area contributed by atoms with Gasteiger partial charge in [0.05, 0.1) is 0 Å². The van der Waals surface area contributed by atoms with Gasteiger partial charge in [-0.1, -0.05) is 5.16 Å². The van der Waals surface area contributed by atoms with Gasteiger partial charge in [0.15, 0.2) is 5.13 Å². The van der Waals surface area contributed by atoms with Crippen LogP contribution in [0, 0.1) is 0 Å². The molecule has 4 amide bonds. The van der Waals surface area contributed by atoms with Gasteiger partial charge in [-0.25, -0.2) is 20.0 Å². The summed E-state index contributed by atoms with van der Waals surface area (Å²) in [4.78, 5) is 54.5. The number of nitrogens with one attached hydrogen (secondary N) is 3. The number of imidazole rings is 1. The van der Waals surface area contributed by atoms with Crippen LogP contribution in [-0.4, -0.2) is 75.7 Å². The molecule has 0 saturated carbocycles. The highest BCUT2D eigenvalue weighted by Gasteiger charge is 2.54. The smallest absolute Gasteiger partial charge is 0.352 e. The number of rotatable bonds is 7. The SMILES string of the molecule is NNC(=O)Nc1cccc2n1cc[n+]2CC1=C(C(=O)O)N2C(=O)[C@@H](NC(=O)/C(=N\O)c3nsc(N)n3)[C@H]2SC1. The number of nitrogen functional groups attached to an aromatic ring is 1. The van der Waals surface area contributed by atoms with Crippen molar-refractivity contribution >= 4 is 69.4 Å². The standard InChI is InChI=1S/C20H19N11O6S2/c21-19-25-14(28-39-19)11(27-37)15(32)24-12-16(33)31-13(18(34)35)8(7-38-17(12)31)6-29-4-5-30-9(23-20(36)26-22)2-1-3-10(29)30/h1-5,12,17H,6-7H2,(H8,21,22,24,25,26,27,28,32,34,35,36,37)/p+1/t12-,17-/m1/s1. The summed E-state index contributed by atoms with van der Waals surface area (Å²) >= 11 is 2.07. The van der Waals surface area contributed by atoms with E-state index < -0.39 is 40.9 Å². The first-order valence-electron chi connectivity index (χ1n) is 11.0. The number of fused-ring (bicyclic) bond motifs is 2. The Morgan fingerprint density at radius 3 is 2.77 bits per heavy atom. The molecule has 1 fully saturated rings. The maximum Gasteiger partial charge on any atom is 0.352 e. The molecular formula is C20H20N11O6S2+. The number of carbonyl (C=O) groups is 4. The van der Waals surface area contributed by atoms with E-state index in [9.17, 15) is 29.5 Å². The summed E-state index contributed by atoms with van der Waals surface area (Å²) in [7, 11) is 0. The molecule has 0 aliphatic carbocycles. The number of amides is 4. The number of carboxylic acids is 1. The zero-order valence-electron chi connectivity index (χ0n) is 19.6. The molecule has 39 heavy (non-hydrogen) atoms. The number of carboxylic acid groups (broad SMARTS) is 1. The van der Waals surface area contributed by atoms with Gasteiger partial charge in [-0.3, -0.25) is 25.2 Å². The van der Waals surface area contributed by atoms with Crippen LogP contribution >= 0.6 is 23.3 Å². The number of nitrogens with two attached hydrogens (primary N) is 2. The van der Waals surface area contributed by atoms with E-state index in [1.54, 1.807) is 39.6 Å². The highest BCUT2D eigenvalue weighted by Crippen LogP contribution is 2.40. The minimum absolute atomic E-state index is 0.0545. The van der Waals surface area contributed by atoms with Crippen molar-refractivity contribution in [2.75, 3.05) is 16.8 Å². The van der Waals surface area contributed by atoms with Crippen molar-refractivity contribution in [3.63, 3.8) is 0 Å². The van der Waals surface area contributed by atoms with E-state index in [4.69, 9.17) is 11.6 Å². The number of β-lactam (4-membered cyclic amide) rings is 1. The summed E-state index contributed by atoms with van der Waals surface area (Å²) in [6, 6.07) is 3.47. The summed E-state index contributed by atoms with van der Waals surface area (Å²) in [5.74, 6) is 2.78. The van der Waals surface area contributed by atoms with E-state index in [1.807, 2.05) is 5.43 Å². The summed E-state index contributed by atoms with van der Waals surface area (Å²) in [5.41, 5.74) is 7.90. The summed E-state index contributed by atoms with van der Waals surface area (Å²) in [5, 5.41) is 26.6. The molecule has 2 atom stereocenters. The number of anilines is 2. The van der Waals surface area contributed by atoms with Gasteiger partial charge < -0.3 is 21.4 Å². The molecule has 202 valence electrons. The van der Waals surface area contributed by atoms with Crippen LogP contribution in [0.3, 0.4) is 0 Å². The van der Waals surface area contributed by atoms with Gasteiger partial charge >= 0.3 is 12.0 Å². The Labute approximate surface area is 226 Å². The maximum absolute atomic E-state index is 13.0. The number of hydrogen-bond acceptors (Lipinski definition) is 12. The van der Waals surface area contributed by atoms with Crippen molar-refractivity contribution in [3.8, 4) is 0 Å². The van der Waals surface area contributed by atoms with Crippen molar-refractivity contribution in [1.82, 2.24) is 29.4 Å². The number of aliphatic carboxylic acids is 1. The van der Waals surface area contributed by atoms with Crippen LogP contribution < -0.4 is 32.2 Å². The first-order chi connectivity index (χ1) is 18.7. The molecule has 17 nitrogen and oxygen atoms in total. The zero-order chi connectivity index (χ0) is 27.8. The van der Waals surface area contributed by atoms with Crippen molar-refractivity contribution < 1.29 is 34.1 Å². The Bertz CT molecular complexity index is 1580. The number of carbonyl (C=O) groups excluding carboxylic acids is 3. The molecule has 0 spiro atoms. The normalized spacial score (nSPS) is 18.9. The van der Waals surface area contributed by atoms with Crippen LogP contribution in [0.4, 0.5) is 15.7 Å². The van der Waals surface area contributed by atoms with E-state index in [0.29, 0.717) is 17.0 Å². The minimum Gasteiger partial charge on any atom is -0.477 e. The van der Waals surface area contributed by atoms with E-state index in [0.717, 1.165) is 16.4 Å². The third kappa shape index (κ3) is 4.57. The lowest BCUT2D eigenvalue weighted by Gasteiger charge is -2.49. The fourth-order valence-electron chi connectivity index (χ4n) is 4.25. The molecule has 2 aliphatic heterocycles. The fraction of sp³-hybridized carbons (Fsp3) is 0.200. The van der Waals surface area contributed by atoms with Crippen molar-refractivity contribution in [2.24, 2.45) is 11.0 Å². The predicted molar refractivity (Wildman–Crippen MR) is 136 cm³/mol. The molecule has 3 aromatic heterocycles. The van der Waals surface area contributed by atoms with Crippen molar-refractivity contribution in [1.29, 1.82) is 0 Å². The van der Waals surface area contributed by atoms with Crippen molar-refractivity contribution in [2.45, 2.75) is 18.0 Å². The molecule has 0 unspecified atom stereocenters.